The Labute approximate surface area is 101 Å². The van der Waals surface area contributed by atoms with Gasteiger partial charge < -0.3 is 4.74 Å². The van der Waals surface area contributed by atoms with Crippen molar-refractivity contribution in [1.29, 1.82) is 0 Å². The Morgan fingerprint density at radius 2 is 1.33 bits per heavy atom. The number of rotatable bonds is 7. The zero-order valence-electron chi connectivity index (χ0n) is 8.23. The minimum Gasteiger partial charge on any atom is -0.379 e. The highest BCUT2D eigenvalue weighted by Crippen LogP contribution is 2.04. The predicted molar refractivity (Wildman–Crippen MR) is 76.8 cm³/mol. The molecule has 0 bridgehead atoms. The fourth-order valence-corrected chi connectivity index (χ4v) is 1.00. The Hall–Kier alpha value is -0.0400. The number of hydrogen-bond donors (Lipinski definition) is 0. The Balaban J connectivity index is -0.0000000833. The van der Waals surface area contributed by atoms with Gasteiger partial charge in [-0.1, -0.05) is 62.8 Å². The van der Waals surface area contributed by atoms with Crippen LogP contribution in [0.25, 0.3) is 0 Å². The van der Waals surface area contributed by atoms with Crippen LogP contribution >= 0.6 is 0 Å². The summed E-state index contributed by atoms with van der Waals surface area (Å²) < 4.78 is 5.58. The number of unbranched alkanes of at least 4 members (excludes halogenated alkanes) is 2. The Kier molecular flexibility index (Phi) is 46.3. The molecule has 0 N–H and O–H groups in total. The summed E-state index contributed by atoms with van der Waals surface area (Å²) >= 11 is 0. The van der Waals surface area contributed by atoms with Crippen molar-refractivity contribution < 1.29 is 4.74 Å². The van der Waals surface area contributed by atoms with Gasteiger partial charge in [0.2, 0.25) is 0 Å². The molecule has 0 aliphatic rings. The molecule has 0 heterocycles. The number of ether oxygens (including phenoxy) is 1. The van der Waals surface area contributed by atoms with Crippen molar-refractivity contribution >= 4 is 0 Å². The van der Waals surface area contributed by atoms with Gasteiger partial charge in [0.15, 0.2) is 0 Å². The van der Waals surface area contributed by atoms with E-state index in [9.17, 15) is 0 Å². The van der Waals surface area contributed by atoms with Gasteiger partial charge in [-0.3, -0.25) is 0 Å². The highest BCUT2D eigenvalue weighted by atomic mass is 16.5. The summed E-state index contributed by atoms with van der Waals surface area (Å²) in [6.45, 7) is 7.53. The molecule has 100 valence electrons. The second-order valence-corrected chi connectivity index (χ2v) is 3.18. The van der Waals surface area contributed by atoms with E-state index in [0.29, 0.717) is 6.10 Å². The summed E-state index contributed by atoms with van der Waals surface area (Å²) in [5.74, 6) is 0. The quantitative estimate of drug-likeness (QED) is 0.485. The molecule has 0 radical (unpaired) electrons. The summed E-state index contributed by atoms with van der Waals surface area (Å²) in [6, 6.07) is 0. The monoisotopic (exact) mass is 222 g/mol. The van der Waals surface area contributed by atoms with Crippen molar-refractivity contribution in [2.45, 2.75) is 88.7 Å². The predicted octanol–water partition coefficient (Wildman–Crippen LogP) is 5.93. The third kappa shape index (κ3) is 24.9. The SMILES string of the molecule is C.C.C.C.CCCCOC(C)CCCC. The van der Waals surface area contributed by atoms with Gasteiger partial charge in [0.1, 0.15) is 0 Å². The fraction of sp³-hybridized carbons (Fsp3) is 1.00. The lowest BCUT2D eigenvalue weighted by molar-refractivity contribution is 0.0569. The lowest BCUT2D eigenvalue weighted by Gasteiger charge is -2.11. The molecule has 1 heteroatoms. The van der Waals surface area contributed by atoms with Crippen LogP contribution in [0.5, 0.6) is 0 Å². The Morgan fingerprint density at radius 1 is 0.867 bits per heavy atom. The first-order valence-corrected chi connectivity index (χ1v) is 4.92. The summed E-state index contributed by atoms with van der Waals surface area (Å²) in [6.07, 6.45) is 6.72. The summed E-state index contributed by atoms with van der Waals surface area (Å²) in [5.41, 5.74) is 0. The highest BCUT2D eigenvalue weighted by Gasteiger charge is 1.99. The van der Waals surface area contributed by atoms with Crippen LogP contribution in [-0.4, -0.2) is 12.7 Å². The van der Waals surface area contributed by atoms with Crippen LogP contribution in [0.1, 0.15) is 82.6 Å². The highest BCUT2D eigenvalue weighted by molar-refractivity contribution is 4.49. The molecule has 1 unspecified atom stereocenters. The second-order valence-electron chi connectivity index (χ2n) is 3.18. The smallest absolute Gasteiger partial charge is 0.0547 e. The van der Waals surface area contributed by atoms with Gasteiger partial charge in [0.25, 0.3) is 0 Å². The van der Waals surface area contributed by atoms with Gasteiger partial charge in [-0.2, -0.15) is 0 Å². The zero-order chi connectivity index (χ0) is 8.53. The summed E-state index contributed by atoms with van der Waals surface area (Å²) in [7, 11) is 0. The molecule has 0 fully saturated rings. The Bertz CT molecular complexity index is 71.7. The van der Waals surface area contributed by atoms with E-state index in [0.717, 1.165) is 6.61 Å². The molecule has 0 spiro atoms. The molecule has 0 saturated carbocycles. The number of hydrogen-bond acceptors (Lipinski definition) is 1. The van der Waals surface area contributed by atoms with Gasteiger partial charge in [-0.15, -0.1) is 0 Å². The largest absolute Gasteiger partial charge is 0.379 e. The zero-order valence-corrected chi connectivity index (χ0v) is 8.23. The lowest BCUT2D eigenvalue weighted by atomic mass is 10.2. The molecule has 1 atom stereocenters. The van der Waals surface area contributed by atoms with Crippen molar-refractivity contribution in [3.8, 4) is 0 Å². The van der Waals surface area contributed by atoms with Crippen molar-refractivity contribution in [2.75, 3.05) is 6.61 Å². The normalized spacial score (nSPS) is 9.80. The molecule has 0 aliphatic heterocycles. The van der Waals surface area contributed by atoms with Crippen LogP contribution in [0.4, 0.5) is 0 Å². The van der Waals surface area contributed by atoms with E-state index in [1.807, 2.05) is 0 Å². The topological polar surface area (TPSA) is 9.23 Å². The first kappa shape index (κ1) is 29.4. The Morgan fingerprint density at radius 3 is 1.73 bits per heavy atom. The van der Waals surface area contributed by atoms with Crippen LogP contribution in [0.3, 0.4) is 0 Å². The molecule has 0 aromatic carbocycles. The van der Waals surface area contributed by atoms with Gasteiger partial charge in [0.05, 0.1) is 6.10 Å². The minimum atomic E-state index is 0. The van der Waals surface area contributed by atoms with Crippen LogP contribution in [0.15, 0.2) is 0 Å². The van der Waals surface area contributed by atoms with E-state index in [-0.39, 0.29) is 29.7 Å². The molecular weight excluding hydrogens is 184 g/mol. The summed E-state index contributed by atoms with van der Waals surface area (Å²) in [4.78, 5) is 0. The first-order chi connectivity index (χ1) is 5.31. The summed E-state index contributed by atoms with van der Waals surface area (Å²) in [5, 5.41) is 0. The van der Waals surface area contributed by atoms with Crippen LogP contribution < -0.4 is 0 Å². The maximum absolute atomic E-state index is 5.58. The first-order valence-electron chi connectivity index (χ1n) is 4.92. The third-order valence-corrected chi connectivity index (χ3v) is 1.86. The van der Waals surface area contributed by atoms with Gasteiger partial charge in [-0.05, 0) is 19.8 Å². The van der Waals surface area contributed by atoms with Crippen molar-refractivity contribution in [3.05, 3.63) is 0 Å². The van der Waals surface area contributed by atoms with Crippen LogP contribution in [-0.2, 0) is 4.74 Å². The van der Waals surface area contributed by atoms with E-state index in [2.05, 4.69) is 20.8 Å². The molecule has 1 nitrogen and oxygen atoms in total. The van der Waals surface area contributed by atoms with E-state index < -0.39 is 0 Å². The molecule has 0 aromatic rings. The van der Waals surface area contributed by atoms with Crippen LogP contribution in [0, 0.1) is 0 Å². The standard InChI is InChI=1S/C10H22O.4CH4/c1-4-6-8-10(3)11-9-7-5-2;;;;/h10H,4-9H2,1-3H3;4*1H4. The average molecular weight is 222 g/mol. The fourth-order valence-electron chi connectivity index (χ4n) is 1.00. The lowest BCUT2D eigenvalue weighted by Crippen LogP contribution is -2.08. The van der Waals surface area contributed by atoms with E-state index in [1.54, 1.807) is 0 Å². The second kappa shape index (κ2) is 23.6. The average Bonchev–Trinajstić information content (AvgIpc) is 2.01. The molecular formula is C14H38O. The molecule has 15 heavy (non-hydrogen) atoms. The van der Waals surface area contributed by atoms with Crippen molar-refractivity contribution in [2.24, 2.45) is 0 Å². The third-order valence-electron chi connectivity index (χ3n) is 1.86. The molecule has 0 amide bonds. The maximum Gasteiger partial charge on any atom is 0.0547 e. The van der Waals surface area contributed by atoms with E-state index in [1.165, 1.54) is 32.1 Å². The van der Waals surface area contributed by atoms with E-state index >= 15 is 0 Å². The van der Waals surface area contributed by atoms with Crippen molar-refractivity contribution in [3.63, 3.8) is 0 Å². The van der Waals surface area contributed by atoms with Gasteiger partial charge in [-0.25, -0.2) is 0 Å². The van der Waals surface area contributed by atoms with Gasteiger partial charge >= 0.3 is 0 Å². The molecule has 0 saturated heterocycles. The molecule has 0 aliphatic carbocycles. The van der Waals surface area contributed by atoms with E-state index in [4.69, 9.17) is 4.74 Å². The maximum atomic E-state index is 5.58. The van der Waals surface area contributed by atoms with Crippen molar-refractivity contribution in [1.82, 2.24) is 0 Å². The van der Waals surface area contributed by atoms with Crippen LogP contribution in [0.2, 0.25) is 0 Å². The molecule has 0 rings (SSSR count). The molecule has 0 aromatic heterocycles. The van der Waals surface area contributed by atoms with Gasteiger partial charge in [0, 0.05) is 6.61 Å². The minimum absolute atomic E-state index is 0.